The van der Waals surface area contributed by atoms with E-state index >= 15 is 0 Å². The molecule has 3 heterocycles. The number of hydrogen-bond donors (Lipinski definition) is 2. The molecule has 0 aliphatic carbocycles. The van der Waals surface area contributed by atoms with Crippen LogP contribution in [0.1, 0.15) is 12.7 Å². The molecular weight excluding hydrogens is 258 g/mol. The fraction of sp³-hybridized carbons (Fsp3) is 0.182. The van der Waals surface area contributed by atoms with Crippen molar-refractivity contribution in [1.82, 2.24) is 15.6 Å². The van der Waals surface area contributed by atoms with Crippen LogP contribution in [0.5, 0.6) is 0 Å². The highest BCUT2D eigenvalue weighted by Gasteiger charge is 2.46. The Morgan fingerprint density at radius 3 is 2.83 bits per heavy atom. The molecule has 3 rings (SSSR count). The maximum absolute atomic E-state index is 11.8. The Bertz CT molecular complexity index is 681. The van der Waals surface area contributed by atoms with Crippen LogP contribution < -0.4 is 10.6 Å². The Morgan fingerprint density at radius 2 is 2.22 bits per heavy atom. The summed E-state index contributed by atoms with van der Waals surface area (Å²) < 4.78 is 5.55. The van der Waals surface area contributed by atoms with Crippen molar-refractivity contribution in [1.29, 1.82) is 0 Å². The molecule has 1 fully saturated rings. The van der Waals surface area contributed by atoms with Gasteiger partial charge < -0.3 is 9.73 Å². The van der Waals surface area contributed by atoms with E-state index in [-0.39, 0.29) is 5.15 Å². The van der Waals surface area contributed by atoms with Crippen molar-refractivity contribution in [2.45, 2.75) is 12.5 Å². The lowest BCUT2D eigenvalue weighted by molar-refractivity contribution is -0.124. The summed E-state index contributed by atoms with van der Waals surface area (Å²) in [6, 6.07) is 2.70. The molecule has 0 spiro atoms. The third-order valence-corrected chi connectivity index (χ3v) is 3.24. The number of amides is 3. The van der Waals surface area contributed by atoms with Gasteiger partial charge in [0.05, 0.1) is 5.39 Å². The van der Waals surface area contributed by atoms with Crippen LogP contribution in [0.2, 0.25) is 5.15 Å². The first-order valence-corrected chi connectivity index (χ1v) is 5.56. The average Bonchev–Trinajstić information content (AvgIpc) is 2.83. The van der Waals surface area contributed by atoms with Crippen LogP contribution in [-0.2, 0) is 10.3 Å². The van der Waals surface area contributed by atoms with Crippen molar-refractivity contribution in [3.8, 4) is 0 Å². The summed E-state index contributed by atoms with van der Waals surface area (Å²) >= 11 is 5.93. The van der Waals surface area contributed by atoms with Gasteiger partial charge in [0.25, 0.3) is 5.91 Å². The van der Waals surface area contributed by atoms with Crippen molar-refractivity contribution in [2.75, 3.05) is 0 Å². The van der Waals surface area contributed by atoms with Gasteiger partial charge in [-0.15, -0.1) is 0 Å². The number of imide groups is 1. The summed E-state index contributed by atoms with van der Waals surface area (Å²) in [5.41, 5.74) is -0.709. The lowest BCUT2D eigenvalue weighted by Gasteiger charge is -2.16. The summed E-state index contributed by atoms with van der Waals surface area (Å²) in [5, 5.41) is 5.58. The van der Waals surface area contributed by atoms with Gasteiger partial charge in [0.15, 0.2) is 5.54 Å². The standard InChI is InChI=1S/C11H8ClN3O3/c1-11(9(16)14-10(17)15-11)7-4-5-6(18-7)2-3-13-8(5)12/h2-4H,1H3,(H2,14,15,16,17)/t11-/m0/s1. The molecule has 1 aliphatic heterocycles. The van der Waals surface area contributed by atoms with Crippen LogP contribution >= 0.6 is 11.6 Å². The van der Waals surface area contributed by atoms with Gasteiger partial charge >= 0.3 is 6.03 Å². The number of furan rings is 1. The number of carbonyl (C=O) groups is 2. The molecule has 0 radical (unpaired) electrons. The molecule has 0 unspecified atom stereocenters. The summed E-state index contributed by atoms with van der Waals surface area (Å²) in [5.74, 6) is -0.147. The maximum Gasteiger partial charge on any atom is 0.322 e. The third kappa shape index (κ3) is 1.39. The molecule has 0 saturated carbocycles. The number of urea groups is 1. The average molecular weight is 266 g/mol. The minimum atomic E-state index is -1.22. The molecule has 0 bridgehead atoms. The molecule has 6 nitrogen and oxygen atoms in total. The van der Waals surface area contributed by atoms with E-state index in [1.807, 2.05) is 0 Å². The van der Waals surface area contributed by atoms with Crippen LogP contribution in [0.25, 0.3) is 11.0 Å². The van der Waals surface area contributed by atoms with Gasteiger partial charge in [-0.1, -0.05) is 11.6 Å². The Balaban J connectivity index is 2.18. The van der Waals surface area contributed by atoms with Crippen molar-refractivity contribution in [3.63, 3.8) is 0 Å². The molecule has 1 aliphatic rings. The molecule has 2 N–H and O–H groups in total. The van der Waals surface area contributed by atoms with E-state index in [9.17, 15) is 9.59 Å². The van der Waals surface area contributed by atoms with E-state index in [4.69, 9.17) is 16.0 Å². The number of aromatic nitrogens is 1. The molecule has 7 heteroatoms. The first-order valence-electron chi connectivity index (χ1n) is 5.19. The molecule has 2 aromatic heterocycles. The van der Waals surface area contributed by atoms with Gasteiger partial charge in [-0.05, 0) is 19.1 Å². The second kappa shape index (κ2) is 3.46. The number of nitrogens with one attached hydrogen (secondary N) is 2. The molecule has 18 heavy (non-hydrogen) atoms. The second-order valence-corrected chi connectivity index (χ2v) is 4.52. The first kappa shape index (κ1) is 11.0. The summed E-state index contributed by atoms with van der Waals surface area (Å²) in [6.45, 7) is 1.56. The van der Waals surface area contributed by atoms with E-state index in [0.29, 0.717) is 16.7 Å². The molecule has 0 aromatic carbocycles. The Labute approximate surface area is 106 Å². The minimum Gasteiger partial charge on any atom is -0.458 e. The number of carbonyl (C=O) groups excluding carboxylic acids is 2. The highest BCUT2D eigenvalue weighted by atomic mass is 35.5. The van der Waals surface area contributed by atoms with E-state index in [2.05, 4.69) is 15.6 Å². The van der Waals surface area contributed by atoms with Crippen LogP contribution in [0.4, 0.5) is 4.79 Å². The Morgan fingerprint density at radius 1 is 1.44 bits per heavy atom. The Hall–Kier alpha value is -2.08. The smallest absolute Gasteiger partial charge is 0.322 e. The largest absolute Gasteiger partial charge is 0.458 e. The molecule has 2 aromatic rings. The van der Waals surface area contributed by atoms with Gasteiger partial charge in [0, 0.05) is 6.20 Å². The van der Waals surface area contributed by atoms with Gasteiger partial charge in [-0.25, -0.2) is 9.78 Å². The SMILES string of the molecule is C[C@@]1(c2cc3c(Cl)nccc3o2)NC(=O)NC1=O. The number of fused-ring (bicyclic) bond motifs is 1. The van der Waals surface area contributed by atoms with E-state index in [1.165, 1.54) is 6.20 Å². The number of nitrogens with zero attached hydrogens (tertiary/aromatic N) is 1. The Kier molecular flexibility index (Phi) is 2.12. The first-order chi connectivity index (χ1) is 8.50. The predicted molar refractivity (Wildman–Crippen MR) is 63.0 cm³/mol. The van der Waals surface area contributed by atoms with Crippen LogP contribution in [0, 0.1) is 0 Å². The number of halogens is 1. The van der Waals surface area contributed by atoms with Crippen molar-refractivity contribution in [2.24, 2.45) is 0 Å². The highest BCUT2D eigenvalue weighted by molar-refractivity contribution is 6.34. The van der Waals surface area contributed by atoms with E-state index in [1.54, 1.807) is 19.1 Å². The quantitative estimate of drug-likeness (QED) is 0.605. The van der Waals surface area contributed by atoms with E-state index in [0.717, 1.165) is 0 Å². The van der Waals surface area contributed by atoms with Gasteiger partial charge in [0.1, 0.15) is 16.5 Å². The van der Waals surface area contributed by atoms with Gasteiger partial charge in [-0.2, -0.15) is 0 Å². The van der Waals surface area contributed by atoms with Crippen molar-refractivity contribution in [3.05, 3.63) is 29.2 Å². The lowest BCUT2D eigenvalue weighted by Crippen LogP contribution is -2.40. The monoisotopic (exact) mass is 265 g/mol. The fourth-order valence-electron chi connectivity index (χ4n) is 1.89. The van der Waals surface area contributed by atoms with Crippen LogP contribution in [-0.4, -0.2) is 16.9 Å². The maximum atomic E-state index is 11.8. The number of hydrogen-bond acceptors (Lipinski definition) is 4. The van der Waals surface area contributed by atoms with Crippen LogP contribution in [0.3, 0.4) is 0 Å². The van der Waals surface area contributed by atoms with E-state index < -0.39 is 17.5 Å². The molecule has 92 valence electrons. The third-order valence-electron chi connectivity index (χ3n) is 2.93. The second-order valence-electron chi connectivity index (χ2n) is 4.16. The molecule has 3 amide bonds. The fourth-order valence-corrected chi connectivity index (χ4v) is 2.10. The van der Waals surface area contributed by atoms with Gasteiger partial charge in [-0.3, -0.25) is 10.1 Å². The topological polar surface area (TPSA) is 84.2 Å². The number of rotatable bonds is 1. The summed E-state index contributed by atoms with van der Waals surface area (Å²) in [7, 11) is 0. The summed E-state index contributed by atoms with van der Waals surface area (Å²) in [6.07, 6.45) is 1.51. The zero-order valence-electron chi connectivity index (χ0n) is 9.28. The molecule has 1 atom stereocenters. The van der Waals surface area contributed by atoms with Gasteiger partial charge in [0.2, 0.25) is 0 Å². The minimum absolute atomic E-state index is 0.288. The number of pyridine rings is 1. The zero-order chi connectivity index (χ0) is 12.9. The normalized spacial score (nSPS) is 23.2. The highest BCUT2D eigenvalue weighted by Crippen LogP contribution is 2.32. The molecular formula is C11H8ClN3O3. The van der Waals surface area contributed by atoms with Crippen LogP contribution in [0.15, 0.2) is 22.7 Å². The summed E-state index contributed by atoms with van der Waals surface area (Å²) in [4.78, 5) is 26.9. The molecule has 1 saturated heterocycles. The zero-order valence-corrected chi connectivity index (χ0v) is 10.0. The predicted octanol–water partition coefficient (Wildman–Crippen LogP) is 1.54. The van der Waals surface area contributed by atoms with Crippen molar-refractivity contribution >= 4 is 34.5 Å². The lowest BCUT2D eigenvalue weighted by atomic mass is 9.99. The van der Waals surface area contributed by atoms with Crippen molar-refractivity contribution < 1.29 is 14.0 Å².